The van der Waals surface area contributed by atoms with E-state index in [9.17, 15) is 4.79 Å². The van der Waals surface area contributed by atoms with Crippen LogP contribution in [0, 0.1) is 0 Å². The molecule has 2 aromatic rings. The van der Waals surface area contributed by atoms with E-state index in [0.29, 0.717) is 5.56 Å². The highest BCUT2D eigenvalue weighted by atomic mass is 19.1. The van der Waals surface area contributed by atoms with Gasteiger partial charge in [-0.15, -0.1) is 0 Å². The van der Waals surface area contributed by atoms with Crippen LogP contribution in [0.15, 0.2) is 60.7 Å². The van der Waals surface area contributed by atoms with E-state index >= 15 is 4.39 Å². The summed E-state index contributed by atoms with van der Waals surface area (Å²) in [4.78, 5) is 12.0. The summed E-state index contributed by atoms with van der Waals surface area (Å²) in [5.74, 6) is -0.477. The number of hydrogen-bond acceptors (Lipinski definition) is 1. The van der Waals surface area contributed by atoms with Crippen LogP contribution in [0.4, 0.5) is 4.39 Å². The zero-order valence-electron chi connectivity index (χ0n) is 10.3. The van der Waals surface area contributed by atoms with Crippen LogP contribution < -0.4 is 0 Å². The molecule has 1 unspecified atom stereocenters. The number of rotatable bonds is 2. The number of halogens is 1. The fourth-order valence-corrected chi connectivity index (χ4v) is 2.49. The van der Waals surface area contributed by atoms with E-state index in [1.165, 1.54) is 6.08 Å². The Morgan fingerprint density at radius 1 is 0.895 bits per heavy atom. The summed E-state index contributed by atoms with van der Waals surface area (Å²) in [5.41, 5.74) is 0.113. The van der Waals surface area contributed by atoms with Crippen molar-refractivity contribution in [3.05, 3.63) is 77.4 Å². The number of fused-ring (bicyclic) bond motifs is 1. The Kier molecular flexibility index (Phi) is 2.79. The van der Waals surface area contributed by atoms with Crippen molar-refractivity contribution in [2.45, 2.75) is 12.1 Å². The Labute approximate surface area is 111 Å². The van der Waals surface area contributed by atoms with Crippen molar-refractivity contribution in [2.75, 3.05) is 0 Å². The minimum absolute atomic E-state index is 0.0774. The second-order valence-electron chi connectivity index (χ2n) is 4.75. The van der Waals surface area contributed by atoms with E-state index in [2.05, 4.69) is 0 Å². The highest BCUT2D eigenvalue weighted by Gasteiger charge is 2.42. The maximum absolute atomic E-state index is 15.2. The molecule has 0 aromatic heterocycles. The van der Waals surface area contributed by atoms with Crippen LogP contribution in [-0.4, -0.2) is 5.78 Å². The monoisotopic (exact) mass is 252 g/mol. The molecule has 0 aliphatic heterocycles. The van der Waals surface area contributed by atoms with Gasteiger partial charge in [-0.3, -0.25) is 4.79 Å². The van der Waals surface area contributed by atoms with Gasteiger partial charge in [-0.1, -0.05) is 60.7 Å². The largest absolute Gasteiger partial charge is 0.291 e. The molecule has 0 fully saturated rings. The van der Waals surface area contributed by atoms with Crippen LogP contribution in [0.2, 0.25) is 0 Å². The fourth-order valence-electron chi connectivity index (χ4n) is 2.49. The van der Waals surface area contributed by atoms with Crippen molar-refractivity contribution in [3.8, 4) is 0 Å². The van der Waals surface area contributed by atoms with Crippen molar-refractivity contribution in [2.24, 2.45) is 0 Å². The maximum Gasteiger partial charge on any atom is 0.202 e. The molecular formula is C17H13FO. The Balaban J connectivity index is 2.07. The molecule has 2 heteroatoms. The molecule has 94 valence electrons. The van der Waals surface area contributed by atoms with Gasteiger partial charge in [0.05, 0.1) is 0 Å². The Morgan fingerprint density at radius 3 is 2.37 bits per heavy atom. The highest BCUT2D eigenvalue weighted by molar-refractivity contribution is 6.04. The third-order valence-electron chi connectivity index (χ3n) is 3.48. The van der Waals surface area contributed by atoms with Crippen LogP contribution >= 0.6 is 0 Å². The van der Waals surface area contributed by atoms with E-state index in [1.807, 2.05) is 42.5 Å². The first kappa shape index (κ1) is 11.8. The molecule has 1 atom stereocenters. The molecule has 0 spiro atoms. The summed E-state index contributed by atoms with van der Waals surface area (Å²) in [7, 11) is 0. The molecule has 0 saturated carbocycles. The quantitative estimate of drug-likeness (QED) is 0.796. The number of carbonyl (C=O) groups excluding carboxylic acids is 1. The lowest BCUT2D eigenvalue weighted by Crippen LogP contribution is -2.34. The number of allylic oxidation sites excluding steroid dienone is 1. The molecule has 0 bridgehead atoms. The smallest absolute Gasteiger partial charge is 0.202 e. The molecule has 0 N–H and O–H groups in total. The van der Waals surface area contributed by atoms with Gasteiger partial charge >= 0.3 is 0 Å². The molecule has 0 amide bonds. The summed E-state index contributed by atoms with van der Waals surface area (Å²) < 4.78 is 15.2. The molecule has 1 aliphatic rings. The number of carbonyl (C=O) groups is 1. The zero-order valence-corrected chi connectivity index (χ0v) is 10.3. The predicted molar refractivity (Wildman–Crippen MR) is 73.4 cm³/mol. The molecule has 0 radical (unpaired) electrons. The van der Waals surface area contributed by atoms with Crippen LogP contribution in [0.1, 0.15) is 16.7 Å². The van der Waals surface area contributed by atoms with Crippen molar-refractivity contribution in [1.29, 1.82) is 0 Å². The summed E-state index contributed by atoms with van der Waals surface area (Å²) >= 11 is 0. The second-order valence-corrected chi connectivity index (χ2v) is 4.75. The number of alkyl halides is 1. The van der Waals surface area contributed by atoms with Gasteiger partial charge in [0.15, 0.2) is 5.78 Å². The molecule has 1 nitrogen and oxygen atoms in total. The first-order chi connectivity index (χ1) is 9.20. The standard InChI is InChI=1S/C17H13FO/c18-17(12-13-6-2-1-3-7-13)15-9-5-4-8-14(15)10-11-16(17)19/h1-11H,12H2. The lowest BCUT2D eigenvalue weighted by Gasteiger charge is -2.27. The van der Waals surface area contributed by atoms with Crippen LogP contribution in [-0.2, 0) is 16.9 Å². The number of hydrogen-bond donors (Lipinski definition) is 0. The lowest BCUT2D eigenvalue weighted by atomic mass is 9.79. The van der Waals surface area contributed by atoms with Gasteiger partial charge in [0.25, 0.3) is 0 Å². The molecule has 1 aliphatic carbocycles. The number of ketones is 1. The first-order valence-corrected chi connectivity index (χ1v) is 6.25. The molecule has 19 heavy (non-hydrogen) atoms. The minimum atomic E-state index is -1.95. The van der Waals surface area contributed by atoms with Gasteiger partial charge in [-0.05, 0) is 17.2 Å². The van der Waals surface area contributed by atoms with Gasteiger partial charge in [0.1, 0.15) is 0 Å². The summed E-state index contributed by atoms with van der Waals surface area (Å²) in [5, 5.41) is 0. The summed E-state index contributed by atoms with van der Waals surface area (Å²) in [6, 6.07) is 16.4. The van der Waals surface area contributed by atoms with Gasteiger partial charge in [-0.2, -0.15) is 0 Å². The SMILES string of the molecule is O=C1C=Cc2ccccc2C1(F)Cc1ccccc1. The third kappa shape index (κ3) is 1.99. The van der Waals surface area contributed by atoms with Crippen molar-refractivity contribution >= 4 is 11.9 Å². The normalized spacial score (nSPS) is 21.2. The molecule has 0 saturated heterocycles. The number of benzene rings is 2. The Morgan fingerprint density at radius 2 is 1.58 bits per heavy atom. The molecule has 2 aromatic carbocycles. The molecule has 0 heterocycles. The van der Waals surface area contributed by atoms with E-state index in [0.717, 1.165) is 11.1 Å². The topological polar surface area (TPSA) is 17.1 Å². The summed E-state index contributed by atoms with van der Waals surface area (Å²) in [6.45, 7) is 0. The van der Waals surface area contributed by atoms with Gasteiger partial charge < -0.3 is 0 Å². The lowest BCUT2D eigenvalue weighted by molar-refractivity contribution is -0.126. The van der Waals surface area contributed by atoms with Crippen LogP contribution in [0.5, 0.6) is 0 Å². The fraction of sp³-hybridized carbons (Fsp3) is 0.118. The minimum Gasteiger partial charge on any atom is -0.291 e. The summed E-state index contributed by atoms with van der Waals surface area (Å²) in [6.07, 6.45) is 3.10. The van der Waals surface area contributed by atoms with Crippen molar-refractivity contribution < 1.29 is 9.18 Å². The van der Waals surface area contributed by atoms with E-state index < -0.39 is 11.5 Å². The van der Waals surface area contributed by atoms with E-state index in [4.69, 9.17) is 0 Å². The van der Waals surface area contributed by atoms with E-state index in [-0.39, 0.29) is 6.42 Å². The average Bonchev–Trinajstić information content (AvgIpc) is 2.45. The predicted octanol–water partition coefficient (Wildman–Crippen LogP) is 3.69. The molecule has 3 rings (SSSR count). The first-order valence-electron chi connectivity index (χ1n) is 6.25. The second kappa shape index (κ2) is 4.47. The molecular weight excluding hydrogens is 239 g/mol. The van der Waals surface area contributed by atoms with Crippen LogP contribution in [0.25, 0.3) is 6.08 Å². The van der Waals surface area contributed by atoms with Crippen molar-refractivity contribution in [3.63, 3.8) is 0 Å². The maximum atomic E-state index is 15.2. The van der Waals surface area contributed by atoms with Crippen molar-refractivity contribution in [1.82, 2.24) is 0 Å². The zero-order chi connectivity index (χ0) is 13.3. The van der Waals surface area contributed by atoms with Crippen LogP contribution in [0.3, 0.4) is 0 Å². The van der Waals surface area contributed by atoms with Gasteiger partial charge in [0, 0.05) is 12.0 Å². The highest BCUT2D eigenvalue weighted by Crippen LogP contribution is 2.37. The van der Waals surface area contributed by atoms with E-state index in [1.54, 1.807) is 18.2 Å². The third-order valence-corrected chi connectivity index (χ3v) is 3.48. The average molecular weight is 252 g/mol. The Bertz CT molecular complexity index is 645. The van der Waals surface area contributed by atoms with Gasteiger partial charge in [0.2, 0.25) is 5.67 Å². The van der Waals surface area contributed by atoms with Gasteiger partial charge in [-0.25, -0.2) is 4.39 Å². The Hall–Kier alpha value is -2.22.